The average molecular weight is 457 g/mol. The van der Waals surface area contributed by atoms with Gasteiger partial charge in [0.2, 0.25) is 0 Å². The van der Waals surface area contributed by atoms with E-state index < -0.39 is 11.6 Å². The van der Waals surface area contributed by atoms with Crippen LogP contribution in [0.3, 0.4) is 0 Å². The minimum atomic E-state index is -0.679. The number of aryl methyl sites for hydroxylation is 2. The molecule has 0 amide bonds. The Labute approximate surface area is 194 Å². The van der Waals surface area contributed by atoms with Crippen LogP contribution in [0.4, 0.5) is 8.78 Å². The lowest BCUT2D eigenvalue weighted by Crippen LogP contribution is -2.10. The van der Waals surface area contributed by atoms with Gasteiger partial charge in [0.1, 0.15) is 23.9 Å². The number of aromatic nitrogens is 3. The molecule has 0 unspecified atom stereocenters. The molecule has 0 bridgehead atoms. The molecule has 0 saturated carbocycles. The van der Waals surface area contributed by atoms with E-state index in [1.165, 1.54) is 18.2 Å². The number of nitrogens with zero attached hydrogens (tertiary/aromatic N) is 3. The molecular formula is C27H21F2N3O2. The summed E-state index contributed by atoms with van der Waals surface area (Å²) >= 11 is 0. The van der Waals surface area contributed by atoms with Crippen LogP contribution in [0.1, 0.15) is 33.0 Å². The molecule has 5 nitrogen and oxygen atoms in total. The van der Waals surface area contributed by atoms with Crippen LogP contribution in [0.2, 0.25) is 0 Å². The van der Waals surface area contributed by atoms with Gasteiger partial charge in [0.25, 0.3) is 0 Å². The Morgan fingerprint density at radius 3 is 2.53 bits per heavy atom. The largest absolute Gasteiger partial charge is 0.485 e. The number of ketones is 1. The van der Waals surface area contributed by atoms with E-state index in [4.69, 9.17) is 4.74 Å². The minimum absolute atomic E-state index is 0.0990. The zero-order valence-corrected chi connectivity index (χ0v) is 18.7. The van der Waals surface area contributed by atoms with E-state index in [0.717, 1.165) is 22.2 Å². The maximum absolute atomic E-state index is 14.0. The monoisotopic (exact) mass is 457 g/mol. The number of pyridine rings is 2. The summed E-state index contributed by atoms with van der Waals surface area (Å²) in [4.78, 5) is 22.5. The van der Waals surface area contributed by atoms with Gasteiger partial charge >= 0.3 is 0 Å². The van der Waals surface area contributed by atoms with Gasteiger partial charge in [0.15, 0.2) is 17.2 Å². The number of carbonyl (C=O) groups is 1. The smallest absolute Gasteiger partial charge is 0.185 e. The third kappa shape index (κ3) is 3.90. The molecule has 5 rings (SSSR count). The van der Waals surface area contributed by atoms with Gasteiger partial charge in [-0.05, 0) is 55.8 Å². The number of benzene rings is 2. The third-order valence-corrected chi connectivity index (χ3v) is 5.77. The Morgan fingerprint density at radius 1 is 0.971 bits per heavy atom. The molecule has 0 atom stereocenters. The highest BCUT2D eigenvalue weighted by molar-refractivity contribution is 6.00. The first-order valence-corrected chi connectivity index (χ1v) is 10.8. The van der Waals surface area contributed by atoms with Crippen molar-refractivity contribution in [2.24, 2.45) is 0 Å². The number of Topliss-reactive ketones (excluding diaryl/α,β-unsaturated/α-hetero) is 1. The molecule has 5 aromatic rings. The number of fused-ring (bicyclic) bond motifs is 2. The van der Waals surface area contributed by atoms with E-state index in [2.05, 4.69) is 9.97 Å². The van der Waals surface area contributed by atoms with Crippen molar-refractivity contribution < 1.29 is 18.3 Å². The normalized spacial score (nSPS) is 11.3. The SMILES string of the molecule is Cc1cc(CC(=O)c2c(C)nc3c(OCc4c(F)cccc4F)cccn23)c2ccccc2n1. The van der Waals surface area contributed by atoms with E-state index in [1.807, 2.05) is 37.3 Å². The number of halogens is 2. The predicted octanol–water partition coefficient (Wildman–Crippen LogP) is 5.78. The molecule has 3 aromatic heterocycles. The summed E-state index contributed by atoms with van der Waals surface area (Å²) < 4.78 is 35.4. The molecule has 2 aromatic carbocycles. The van der Waals surface area contributed by atoms with Gasteiger partial charge in [0, 0.05) is 23.7 Å². The van der Waals surface area contributed by atoms with E-state index in [0.29, 0.717) is 22.8 Å². The van der Waals surface area contributed by atoms with Gasteiger partial charge in [-0.25, -0.2) is 13.8 Å². The van der Waals surface area contributed by atoms with Crippen LogP contribution >= 0.6 is 0 Å². The second kappa shape index (κ2) is 8.67. The number of hydrogen-bond acceptors (Lipinski definition) is 4. The van der Waals surface area contributed by atoms with Crippen molar-refractivity contribution in [1.29, 1.82) is 0 Å². The van der Waals surface area contributed by atoms with Gasteiger partial charge in [-0.15, -0.1) is 0 Å². The van der Waals surface area contributed by atoms with Gasteiger partial charge in [-0.3, -0.25) is 14.2 Å². The lowest BCUT2D eigenvalue weighted by atomic mass is 10.0. The van der Waals surface area contributed by atoms with Crippen molar-refractivity contribution >= 4 is 22.3 Å². The van der Waals surface area contributed by atoms with Crippen LogP contribution < -0.4 is 4.74 Å². The van der Waals surface area contributed by atoms with Gasteiger partial charge < -0.3 is 4.74 Å². The fourth-order valence-corrected chi connectivity index (χ4v) is 4.22. The quantitative estimate of drug-likeness (QED) is 0.303. The Morgan fingerprint density at radius 2 is 1.74 bits per heavy atom. The number of ether oxygens (including phenoxy) is 1. The number of para-hydroxylation sites is 1. The van der Waals surface area contributed by atoms with E-state index in [9.17, 15) is 13.6 Å². The molecule has 170 valence electrons. The Balaban J connectivity index is 1.48. The summed E-state index contributed by atoms with van der Waals surface area (Å²) in [5.41, 5.74) is 3.82. The molecule has 3 heterocycles. The van der Waals surface area contributed by atoms with Crippen LogP contribution in [0.5, 0.6) is 5.75 Å². The Hall–Kier alpha value is -4.13. The molecule has 0 aliphatic carbocycles. The first-order valence-electron chi connectivity index (χ1n) is 10.8. The molecule has 34 heavy (non-hydrogen) atoms. The lowest BCUT2D eigenvalue weighted by Gasteiger charge is -2.10. The lowest BCUT2D eigenvalue weighted by molar-refractivity contribution is 0.0987. The average Bonchev–Trinajstić information content (AvgIpc) is 3.15. The third-order valence-electron chi connectivity index (χ3n) is 5.77. The van der Waals surface area contributed by atoms with Crippen molar-refractivity contribution in [3.05, 3.63) is 107 Å². The molecule has 0 fully saturated rings. The Kier molecular flexibility index (Phi) is 5.53. The summed E-state index contributed by atoms with van der Waals surface area (Å²) in [6, 6.07) is 16.7. The summed E-state index contributed by atoms with van der Waals surface area (Å²) in [6.45, 7) is 3.37. The van der Waals surface area contributed by atoms with Crippen LogP contribution in [0.25, 0.3) is 16.6 Å². The van der Waals surface area contributed by atoms with Crippen LogP contribution in [-0.4, -0.2) is 20.2 Å². The number of carbonyl (C=O) groups excluding carboxylic acids is 1. The summed E-state index contributed by atoms with van der Waals surface area (Å²) in [5.74, 6) is -1.13. The highest BCUT2D eigenvalue weighted by Gasteiger charge is 2.20. The summed E-state index contributed by atoms with van der Waals surface area (Å²) in [5, 5.41) is 0.934. The summed E-state index contributed by atoms with van der Waals surface area (Å²) in [7, 11) is 0. The molecule has 0 aliphatic heterocycles. The molecule has 0 N–H and O–H groups in total. The first-order chi connectivity index (χ1) is 16.4. The highest BCUT2D eigenvalue weighted by Crippen LogP contribution is 2.26. The van der Waals surface area contributed by atoms with Crippen LogP contribution in [0, 0.1) is 25.5 Å². The first kappa shape index (κ1) is 21.7. The second-order valence-corrected chi connectivity index (χ2v) is 8.14. The van der Waals surface area contributed by atoms with Crippen molar-refractivity contribution in [3.63, 3.8) is 0 Å². The standard InChI is InChI=1S/C27H21F2N3O2/c1-16-13-18(19-7-3-4-10-23(19)30-16)14-24(33)26-17(2)31-27-25(11-6-12-32(26)27)34-15-20-21(28)8-5-9-22(20)29/h3-13H,14-15H2,1-2H3. The maximum atomic E-state index is 14.0. The van der Waals surface area contributed by atoms with Crippen molar-refractivity contribution in [2.75, 3.05) is 0 Å². The van der Waals surface area contributed by atoms with Gasteiger partial charge in [0.05, 0.1) is 16.8 Å². The molecule has 0 spiro atoms. The molecule has 7 heteroatoms. The molecule has 0 saturated heterocycles. The fraction of sp³-hybridized carbons (Fsp3) is 0.148. The maximum Gasteiger partial charge on any atom is 0.185 e. The highest BCUT2D eigenvalue weighted by atomic mass is 19.1. The van der Waals surface area contributed by atoms with Crippen LogP contribution in [-0.2, 0) is 13.0 Å². The van der Waals surface area contributed by atoms with Crippen LogP contribution in [0.15, 0.2) is 66.9 Å². The zero-order chi connectivity index (χ0) is 23.8. The number of hydrogen-bond donors (Lipinski definition) is 0. The summed E-state index contributed by atoms with van der Waals surface area (Å²) in [6.07, 6.45) is 1.92. The predicted molar refractivity (Wildman–Crippen MR) is 125 cm³/mol. The molecular weight excluding hydrogens is 436 g/mol. The molecule has 0 aliphatic rings. The van der Waals surface area contributed by atoms with Gasteiger partial charge in [-0.2, -0.15) is 0 Å². The van der Waals surface area contributed by atoms with Crippen molar-refractivity contribution in [3.8, 4) is 5.75 Å². The minimum Gasteiger partial charge on any atom is -0.485 e. The Bertz CT molecular complexity index is 1540. The van der Waals surface area contributed by atoms with Crippen molar-refractivity contribution in [1.82, 2.24) is 14.4 Å². The topological polar surface area (TPSA) is 56.5 Å². The van der Waals surface area contributed by atoms with E-state index in [1.54, 1.807) is 29.7 Å². The zero-order valence-electron chi connectivity index (χ0n) is 18.7. The van der Waals surface area contributed by atoms with Gasteiger partial charge in [-0.1, -0.05) is 24.3 Å². The van der Waals surface area contributed by atoms with E-state index >= 15 is 0 Å². The van der Waals surface area contributed by atoms with Crippen molar-refractivity contribution in [2.45, 2.75) is 26.9 Å². The second-order valence-electron chi connectivity index (χ2n) is 8.14. The fourth-order valence-electron chi connectivity index (χ4n) is 4.22. The molecule has 0 radical (unpaired) electrons. The van der Waals surface area contributed by atoms with E-state index in [-0.39, 0.29) is 24.4 Å². The number of rotatable bonds is 6. The number of imidazole rings is 1.